The number of nitrogens with zero attached hydrogens (tertiary/aromatic N) is 1. The van der Waals surface area contributed by atoms with Crippen molar-refractivity contribution >= 4 is 17.5 Å². The maximum Gasteiger partial charge on any atom is 0.241 e. The fraction of sp³-hybridized carbons (Fsp3) is 0.941. The van der Waals surface area contributed by atoms with Crippen LogP contribution in [0.1, 0.15) is 51.4 Å². The third-order valence-electron chi connectivity index (χ3n) is 7.30. The second-order valence-electron chi connectivity index (χ2n) is 9.00. The van der Waals surface area contributed by atoms with E-state index in [9.17, 15) is 9.90 Å². The first-order chi connectivity index (χ1) is 10.4. The maximum atomic E-state index is 13.0. The Bertz CT molecular complexity index is 523. The Morgan fingerprint density at radius 3 is 2.41 bits per heavy atom. The number of fused-ring (bicyclic) bond motifs is 1. The van der Waals surface area contributed by atoms with Crippen LogP contribution >= 0.6 is 11.6 Å². The van der Waals surface area contributed by atoms with Crippen LogP contribution in [0.4, 0.5) is 0 Å². The normalized spacial score (nSPS) is 56.1. The highest BCUT2D eigenvalue weighted by molar-refractivity contribution is 6.21. The molecule has 1 heterocycles. The number of rotatable bonds is 2. The summed E-state index contributed by atoms with van der Waals surface area (Å²) in [6.07, 6.45) is 7.83. The number of halogens is 1. The van der Waals surface area contributed by atoms with Gasteiger partial charge in [0, 0.05) is 6.04 Å². The SMILES string of the molecule is NC(C(=O)N1C(Cl)CC2CC21)C12CC3CC(CC(O)(C3)C1)C2. The minimum atomic E-state index is -0.560. The van der Waals surface area contributed by atoms with Gasteiger partial charge in [0.2, 0.25) is 5.91 Å². The average Bonchev–Trinajstić information content (AvgIpc) is 3.06. The van der Waals surface area contributed by atoms with Crippen molar-refractivity contribution in [3.8, 4) is 0 Å². The summed E-state index contributed by atoms with van der Waals surface area (Å²) in [5, 5.41) is 10.9. The Morgan fingerprint density at radius 1 is 1.18 bits per heavy atom. The van der Waals surface area contributed by atoms with Gasteiger partial charge < -0.3 is 15.7 Å². The summed E-state index contributed by atoms with van der Waals surface area (Å²) in [6.45, 7) is 0. The summed E-state index contributed by atoms with van der Waals surface area (Å²) in [5.74, 6) is 1.78. The third-order valence-corrected chi connectivity index (χ3v) is 7.69. The van der Waals surface area contributed by atoms with Gasteiger partial charge in [-0.15, -0.1) is 0 Å². The fourth-order valence-corrected chi connectivity index (χ4v) is 7.24. The third kappa shape index (κ3) is 1.81. The lowest BCUT2D eigenvalue weighted by atomic mass is 9.46. The van der Waals surface area contributed by atoms with Gasteiger partial charge in [0.15, 0.2) is 0 Å². The quantitative estimate of drug-likeness (QED) is 0.601. The van der Waals surface area contributed by atoms with Gasteiger partial charge in [-0.1, -0.05) is 11.6 Å². The number of piperidine rings is 1. The van der Waals surface area contributed by atoms with Gasteiger partial charge >= 0.3 is 0 Å². The monoisotopic (exact) mass is 324 g/mol. The van der Waals surface area contributed by atoms with Gasteiger partial charge in [0.05, 0.1) is 11.6 Å². The Hall–Kier alpha value is -0.320. The molecular formula is C17H25ClN2O2. The highest BCUT2D eigenvalue weighted by Crippen LogP contribution is 2.63. The molecule has 5 aliphatic carbocycles. The summed E-state index contributed by atoms with van der Waals surface area (Å²) in [7, 11) is 0. The predicted molar refractivity (Wildman–Crippen MR) is 83.0 cm³/mol. The summed E-state index contributed by atoms with van der Waals surface area (Å²) in [6, 6.07) is -0.136. The van der Waals surface area contributed by atoms with Crippen molar-refractivity contribution in [3.05, 3.63) is 0 Å². The Labute approximate surface area is 136 Å². The van der Waals surface area contributed by atoms with E-state index in [0.717, 1.165) is 44.9 Å². The van der Waals surface area contributed by atoms with Crippen molar-refractivity contribution in [2.24, 2.45) is 28.9 Å². The molecule has 3 N–H and O–H groups in total. The largest absolute Gasteiger partial charge is 0.390 e. The molecule has 1 aliphatic heterocycles. The Balaban J connectivity index is 1.43. The molecule has 0 aromatic carbocycles. The summed E-state index contributed by atoms with van der Waals surface area (Å²) in [4.78, 5) is 14.9. The number of hydrogen-bond donors (Lipinski definition) is 2. The molecule has 6 unspecified atom stereocenters. The topological polar surface area (TPSA) is 66.6 Å². The molecule has 0 spiro atoms. The zero-order chi connectivity index (χ0) is 15.3. The van der Waals surface area contributed by atoms with Crippen LogP contribution in [0.2, 0.25) is 0 Å². The van der Waals surface area contributed by atoms with Gasteiger partial charge in [-0.3, -0.25) is 4.79 Å². The van der Waals surface area contributed by atoms with Crippen LogP contribution in [0.25, 0.3) is 0 Å². The van der Waals surface area contributed by atoms with E-state index in [1.54, 1.807) is 0 Å². The second kappa shape index (κ2) is 4.20. The number of carbonyl (C=O) groups excluding carboxylic acids is 1. The predicted octanol–water partition coefficient (Wildman–Crippen LogP) is 1.83. The summed E-state index contributed by atoms with van der Waals surface area (Å²) in [5.41, 5.74) is 5.63. The van der Waals surface area contributed by atoms with Crippen LogP contribution in [-0.2, 0) is 4.79 Å². The van der Waals surface area contributed by atoms with E-state index in [0.29, 0.717) is 23.8 Å². The van der Waals surface area contributed by atoms with Crippen LogP contribution < -0.4 is 5.73 Å². The first-order valence-electron chi connectivity index (χ1n) is 8.83. The number of aliphatic hydroxyl groups is 1. The molecule has 6 aliphatic rings. The highest BCUT2D eigenvalue weighted by atomic mass is 35.5. The van der Waals surface area contributed by atoms with E-state index >= 15 is 0 Å². The molecule has 22 heavy (non-hydrogen) atoms. The van der Waals surface area contributed by atoms with E-state index in [-0.39, 0.29) is 16.8 Å². The molecule has 6 fully saturated rings. The summed E-state index contributed by atoms with van der Waals surface area (Å²) < 4.78 is 0. The van der Waals surface area contributed by atoms with E-state index in [2.05, 4.69) is 0 Å². The first-order valence-corrected chi connectivity index (χ1v) is 9.27. The first kappa shape index (κ1) is 14.1. The molecule has 0 aromatic heterocycles. The average molecular weight is 325 g/mol. The van der Waals surface area contributed by atoms with Gasteiger partial charge in [-0.25, -0.2) is 0 Å². The molecule has 6 rings (SSSR count). The van der Waals surface area contributed by atoms with Crippen LogP contribution in [0.15, 0.2) is 0 Å². The van der Waals surface area contributed by atoms with Crippen molar-refractivity contribution in [2.45, 2.75) is 74.6 Å². The number of amides is 1. The summed E-state index contributed by atoms with van der Waals surface area (Å²) >= 11 is 6.38. The van der Waals surface area contributed by atoms with E-state index in [1.165, 1.54) is 6.42 Å². The lowest BCUT2D eigenvalue weighted by Crippen LogP contribution is -2.64. The van der Waals surface area contributed by atoms with Crippen LogP contribution in [0, 0.1) is 23.2 Å². The molecule has 1 amide bonds. The maximum absolute atomic E-state index is 13.0. The standard InChI is InChI=1S/C17H25ClN2O2/c18-13-3-11-2-12(11)20(13)15(21)14(19)16-4-9-1-10(5-16)7-17(22,6-9)8-16/h9-14,22H,1-8,19H2. The highest BCUT2D eigenvalue weighted by Gasteiger charge is 2.62. The van der Waals surface area contributed by atoms with Crippen LogP contribution in [-0.4, -0.2) is 39.1 Å². The van der Waals surface area contributed by atoms with Crippen LogP contribution in [0.5, 0.6) is 0 Å². The van der Waals surface area contributed by atoms with E-state index in [1.807, 2.05) is 4.90 Å². The lowest BCUT2D eigenvalue weighted by molar-refractivity contribution is -0.177. The zero-order valence-electron chi connectivity index (χ0n) is 12.9. The molecule has 4 bridgehead atoms. The fourth-order valence-electron chi connectivity index (χ4n) is 6.77. The van der Waals surface area contributed by atoms with Gasteiger partial charge in [0.25, 0.3) is 0 Å². The van der Waals surface area contributed by atoms with E-state index in [4.69, 9.17) is 17.3 Å². The van der Waals surface area contributed by atoms with Gasteiger partial charge in [-0.2, -0.15) is 0 Å². The molecule has 5 saturated carbocycles. The number of alkyl halides is 1. The van der Waals surface area contributed by atoms with E-state index < -0.39 is 11.6 Å². The molecule has 6 atom stereocenters. The lowest BCUT2D eigenvalue weighted by Gasteiger charge is -2.61. The number of likely N-dealkylation sites (tertiary alicyclic amines) is 1. The number of carbonyl (C=O) groups is 1. The van der Waals surface area contributed by atoms with Crippen molar-refractivity contribution in [2.75, 3.05) is 0 Å². The molecule has 0 radical (unpaired) electrons. The molecule has 122 valence electrons. The molecular weight excluding hydrogens is 300 g/mol. The van der Waals surface area contributed by atoms with Crippen LogP contribution in [0.3, 0.4) is 0 Å². The smallest absolute Gasteiger partial charge is 0.241 e. The number of hydrogen-bond acceptors (Lipinski definition) is 3. The molecule has 4 nitrogen and oxygen atoms in total. The van der Waals surface area contributed by atoms with Gasteiger partial charge in [0.1, 0.15) is 5.50 Å². The van der Waals surface area contributed by atoms with Gasteiger partial charge in [-0.05, 0) is 74.5 Å². The van der Waals surface area contributed by atoms with Crippen molar-refractivity contribution < 1.29 is 9.90 Å². The minimum absolute atomic E-state index is 0.0514. The van der Waals surface area contributed by atoms with Crippen molar-refractivity contribution in [1.29, 1.82) is 0 Å². The Kier molecular flexibility index (Phi) is 2.68. The second-order valence-corrected chi connectivity index (χ2v) is 9.51. The number of nitrogens with two attached hydrogens (primary N) is 1. The molecule has 0 aromatic rings. The van der Waals surface area contributed by atoms with Crippen molar-refractivity contribution in [1.82, 2.24) is 4.90 Å². The zero-order valence-corrected chi connectivity index (χ0v) is 13.6. The van der Waals surface area contributed by atoms with Crippen molar-refractivity contribution in [3.63, 3.8) is 0 Å². The molecule has 5 heteroatoms. The Morgan fingerprint density at radius 2 is 1.86 bits per heavy atom. The molecule has 1 saturated heterocycles. The minimum Gasteiger partial charge on any atom is -0.390 e.